The molecule has 1 aliphatic rings. The lowest BCUT2D eigenvalue weighted by Crippen LogP contribution is -2.36. The lowest BCUT2D eigenvalue weighted by atomic mass is 10.1. The van der Waals surface area contributed by atoms with Gasteiger partial charge in [0.1, 0.15) is 0 Å². The first-order chi connectivity index (χ1) is 13.0. The summed E-state index contributed by atoms with van der Waals surface area (Å²) in [7, 11) is -3.26. The third-order valence-corrected chi connectivity index (χ3v) is 5.78. The van der Waals surface area contributed by atoms with Crippen LogP contribution in [-0.2, 0) is 14.6 Å². The van der Waals surface area contributed by atoms with Crippen LogP contribution in [-0.4, -0.2) is 50.8 Å². The van der Waals surface area contributed by atoms with Crippen molar-refractivity contribution < 1.29 is 13.2 Å². The van der Waals surface area contributed by atoms with E-state index in [0.717, 1.165) is 48.9 Å². The molecule has 2 aromatic carbocycles. The number of sulfone groups is 1. The number of ether oxygens (including phenoxy) is 1. The molecular weight excluding hydrogens is 362 g/mol. The van der Waals surface area contributed by atoms with Crippen molar-refractivity contribution in [2.24, 2.45) is 0 Å². The molecule has 6 nitrogen and oxygen atoms in total. The molecule has 0 atom stereocenters. The van der Waals surface area contributed by atoms with E-state index >= 15 is 0 Å². The Balaban J connectivity index is 1.66. The van der Waals surface area contributed by atoms with Crippen LogP contribution in [0.5, 0.6) is 0 Å². The second-order valence-corrected chi connectivity index (χ2v) is 8.56. The molecule has 0 radical (unpaired) electrons. The minimum Gasteiger partial charge on any atom is -0.378 e. The number of hydrogen-bond acceptors (Lipinski definition) is 5. The van der Waals surface area contributed by atoms with Gasteiger partial charge in [-0.05, 0) is 42.5 Å². The van der Waals surface area contributed by atoms with Crippen molar-refractivity contribution in [3.8, 4) is 16.9 Å². The molecule has 7 heteroatoms. The highest BCUT2D eigenvalue weighted by Gasteiger charge is 2.14. The van der Waals surface area contributed by atoms with Gasteiger partial charge in [0.15, 0.2) is 9.84 Å². The van der Waals surface area contributed by atoms with Crippen LogP contribution in [0.2, 0.25) is 0 Å². The highest BCUT2D eigenvalue weighted by molar-refractivity contribution is 7.90. The summed E-state index contributed by atoms with van der Waals surface area (Å²) in [5, 5.41) is 4.43. The molecule has 3 aromatic rings. The molecule has 0 aliphatic carbocycles. The van der Waals surface area contributed by atoms with Gasteiger partial charge in [-0.15, -0.1) is 0 Å². The van der Waals surface area contributed by atoms with Gasteiger partial charge in [-0.25, -0.2) is 13.1 Å². The van der Waals surface area contributed by atoms with E-state index in [-0.39, 0.29) is 0 Å². The molecule has 1 saturated heterocycles. The van der Waals surface area contributed by atoms with Crippen molar-refractivity contribution in [3.05, 3.63) is 60.8 Å². The Kier molecular flexibility index (Phi) is 4.72. The number of benzene rings is 2. The number of aromatic nitrogens is 2. The first kappa shape index (κ1) is 17.8. The highest BCUT2D eigenvalue weighted by atomic mass is 32.2. The number of nitrogens with zero attached hydrogens (tertiary/aromatic N) is 3. The summed E-state index contributed by atoms with van der Waals surface area (Å²) in [5.41, 5.74) is 3.75. The molecule has 1 fully saturated rings. The van der Waals surface area contributed by atoms with Crippen LogP contribution in [0.15, 0.2) is 65.7 Å². The average molecular weight is 383 g/mol. The topological polar surface area (TPSA) is 64.4 Å². The Morgan fingerprint density at radius 2 is 1.67 bits per heavy atom. The molecule has 27 heavy (non-hydrogen) atoms. The summed E-state index contributed by atoms with van der Waals surface area (Å²) in [6.07, 6.45) is 2.94. The van der Waals surface area contributed by atoms with E-state index in [1.165, 1.54) is 6.26 Å². The van der Waals surface area contributed by atoms with Gasteiger partial charge in [-0.3, -0.25) is 0 Å². The van der Waals surface area contributed by atoms with Crippen molar-refractivity contribution >= 4 is 15.5 Å². The quantitative estimate of drug-likeness (QED) is 0.693. The largest absolute Gasteiger partial charge is 0.378 e. The molecule has 140 valence electrons. The summed E-state index contributed by atoms with van der Waals surface area (Å²) in [6, 6.07) is 17.1. The van der Waals surface area contributed by atoms with E-state index in [2.05, 4.69) is 22.1 Å². The normalized spacial score (nSPS) is 15.1. The summed E-state index contributed by atoms with van der Waals surface area (Å²) < 4.78 is 31.0. The SMILES string of the molecule is CS(=O)(=O)c1cccc(-c2ccnn2-c2ccc(N3CCOCC3)cc2)c1. The van der Waals surface area contributed by atoms with Gasteiger partial charge >= 0.3 is 0 Å². The molecule has 1 aliphatic heterocycles. The maximum atomic E-state index is 11.9. The predicted molar refractivity (Wildman–Crippen MR) is 105 cm³/mol. The Labute approximate surface area is 158 Å². The molecule has 0 saturated carbocycles. The van der Waals surface area contributed by atoms with Crippen LogP contribution in [0.25, 0.3) is 16.9 Å². The predicted octanol–water partition coefficient (Wildman–Crippen LogP) is 2.78. The maximum absolute atomic E-state index is 11.9. The van der Waals surface area contributed by atoms with E-state index < -0.39 is 9.84 Å². The van der Waals surface area contributed by atoms with Gasteiger partial charge in [-0.2, -0.15) is 5.10 Å². The minimum absolute atomic E-state index is 0.301. The standard InChI is InChI=1S/C20H21N3O3S/c1-27(24,25)19-4-2-3-16(15-19)20-9-10-21-23(20)18-7-5-17(6-8-18)22-11-13-26-14-12-22/h2-10,15H,11-14H2,1H3. The average Bonchev–Trinajstić information content (AvgIpc) is 3.18. The molecule has 1 aromatic heterocycles. The zero-order valence-electron chi connectivity index (χ0n) is 15.1. The second kappa shape index (κ2) is 7.17. The van der Waals surface area contributed by atoms with Crippen LogP contribution in [0.3, 0.4) is 0 Å². The maximum Gasteiger partial charge on any atom is 0.175 e. The number of hydrogen-bond donors (Lipinski definition) is 0. The van der Waals surface area contributed by atoms with Crippen LogP contribution < -0.4 is 4.90 Å². The number of morpholine rings is 1. The molecule has 0 N–H and O–H groups in total. The van der Waals surface area contributed by atoms with Gasteiger partial charge in [0.2, 0.25) is 0 Å². The Bertz CT molecular complexity index is 1040. The zero-order valence-corrected chi connectivity index (χ0v) is 15.9. The first-order valence-electron chi connectivity index (χ1n) is 8.80. The molecule has 0 amide bonds. The Morgan fingerprint density at radius 3 is 2.37 bits per heavy atom. The zero-order chi connectivity index (χ0) is 18.9. The van der Waals surface area contributed by atoms with Crippen LogP contribution in [0.4, 0.5) is 5.69 Å². The van der Waals surface area contributed by atoms with E-state index in [1.807, 2.05) is 28.9 Å². The van der Waals surface area contributed by atoms with Crippen LogP contribution >= 0.6 is 0 Å². The molecule has 2 heterocycles. The fourth-order valence-corrected chi connectivity index (χ4v) is 3.91. The summed E-state index contributed by atoms with van der Waals surface area (Å²) >= 11 is 0. The first-order valence-corrected chi connectivity index (χ1v) is 10.7. The van der Waals surface area contributed by atoms with Crippen molar-refractivity contribution in [2.45, 2.75) is 4.90 Å². The lowest BCUT2D eigenvalue weighted by molar-refractivity contribution is 0.122. The Morgan fingerprint density at radius 1 is 0.963 bits per heavy atom. The highest BCUT2D eigenvalue weighted by Crippen LogP contribution is 2.26. The monoisotopic (exact) mass is 383 g/mol. The fraction of sp³-hybridized carbons (Fsp3) is 0.250. The van der Waals surface area contributed by atoms with Crippen LogP contribution in [0.1, 0.15) is 0 Å². The summed E-state index contributed by atoms with van der Waals surface area (Å²) in [4.78, 5) is 2.60. The summed E-state index contributed by atoms with van der Waals surface area (Å²) in [6.45, 7) is 3.29. The third-order valence-electron chi connectivity index (χ3n) is 4.67. The summed E-state index contributed by atoms with van der Waals surface area (Å²) in [5.74, 6) is 0. The van der Waals surface area contributed by atoms with Gasteiger partial charge in [0, 0.05) is 30.6 Å². The fourth-order valence-electron chi connectivity index (χ4n) is 3.24. The van der Waals surface area contributed by atoms with Gasteiger partial charge in [0.25, 0.3) is 0 Å². The molecular formula is C20H21N3O3S. The van der Waals surface area contributed by atoms with Gasteiger partial charge < -0.3 is 9.64 Å². The van der Waals surface area contributed by atoms with E-state index in [4.69, 9.17) is 4.74 Å². The molecule has 0 unspecified atom stereocenters. The van der Waals surface area contributed by atoms with E-state index in [0.29, 0.717) is 4.90 Å². The van der Waals surface area contributed by atoms with E-state index in [1.54, 1.807) is 24.4 Å². The minimum atomic E-state index is -3.26. The Hall–Kier alpha value is -2.64. The van der Waals surface area contributed by atoms with E-state index in [9.17, 15) is 8.42 Å². The van der Waals surface area contributed by atoms with Crippen molar-refractivity contribution in [1.82, 2.24) is 9.78 Å². The van der Waals surface area contributed by atoms with Crippen molar-refractivity contribution in [2.75, 3.05) is 37.5 Å². The second-order valence-electron chi connectivity index (χ2n) is 6.54. The molecule has 0 bridgehead atoms. The molecule has 0 spiro atoms. The van der Waals surface area contributed by atoms with Crippen LogP contribution in [0, 0.1) is 0 Å². The van der Waals surface area contributed by atoms with Crippen molar-refractivity contribution in [1.29, 1.82) is 0 Å². The van der Waals surface area contributed by atoms with Crippen molar-refractivity contribution in [3.63, 3.8) is 0 Å². The molecule has 4 rings (SSSR count). The van der Waals surface area contributed by atoms with Gasteiger partial charge in [-0.1, -0.05) is 12.1 Å². The number of anilines is 1. The number of rotatable bonds is 4. The van der Waals surface area contributed by atoms with Gasteiger partial charge in [0.05, 0.1) is 35.7 Å². The lowest BCUT2D eigenvalue weighted by Gasteiger charge is -2.28. The third kappa shape index (κ3) is 3.74. The smallest absolute Gasteiger partial charge is 0.175 e.